The van der Waals surface area contributed by atoms with E-state index in [0.29, 0.717) is 16.1 Å². The van der Waals surface area contributed by atoms with Gasteiger partial charge in [-0.25, -0.2) is 0 Å². The van der Waals surface area contributed by atoms with E-state index in [9.17, 15) is 4.79 Å². The third kappa shape index (κ3) is 2.74. The molecular formula is C18H12BrClO. The van der Waals surface area contributed by atoms with Gasteiger partial charge < -0.3 is 0 Å². The summed E-state index contributed by atoms with van der Waals surface area (Å²) in [6.07, 6.45) is 0. The van der Waals surface area contributed by atoms with Gasteiger partial charge in [0.15, 0.2) is 5.78 Å². The first-order valence-corrected chi connectivity index (χ1v) is 7.72. The Balaban J connectivity index is 2.20. The van der Waals surface area contributed by atoms with Crippen molar-refractivity contribution >= 4 is 44.1 Å². The highest BCUT2D eigenvalue weighted by atomic mass is 79.9. The molecule has 0 aromatic heterocycles. The number of rotatable bonds is 2. The van der Waals surface area contributed by atoms with Gasteiger partial charge in [0.25, 0.3) is 0 Å². The Morgan fingerprint density at radius 3 is 2.43 bits per heavy atom. The molecule has 3 heteroatoms. The van der Waals surface area contributed by atoms with E-state index in [1.54, 1.807) is 12.1 Å². The predicted molar refractivity (Wildman–Crippen MR) is 91.3 cm³/mol. The molecule has 0 atom stereocenters. The summed E-state index contributed by atoms with van der Waals surface area (Å²) in [5, 5.41) is 2.44. The van der Waals surface area contributed by atoms with Gasteiger partial charge in [-0.2, -0.15) is 0 Å². The van der Waals surface area contributed by atoms with Crippen LogP contribution in [-0.2, 0) is 0 Å². The van der Waals surface area contributed by atoms with E-state index in [0.717, 1.165) is 20.8 Å². The van der Waals surface area contributed by atoms with E-state index in [4.69, 9.17) is 11.6 Å². The van der Waals surface area contributed by atoms with Gasteiger partial charge in [0.1, 0.15) is 0 Å². The van der Waals surface area contributed by atoms with Crippen molar-refractivity contribution < 1.29 is 4.79 Å². The van der Waals surface area contributed by atoms with Crippen LogP contribution < -0.4 is 0 Å². The zero-order valence-corrected chi connectivity index (χ0v) is 13.7. The van der Waals surface area contributed by atoms with Crippen LogP contribution in [0, 0.1) is 6.92 Å². The van der Waals surface area contributed by atoms with E-state index in [1.807, 2.05) is 49.4 Å². The number of halogens is 2. The van der Waals surface area contributed by atoms with Crippen LogP contribution in [0.25, 0.3) is 10.8 Å². The highest BCUT2D eigenvalue weighted by Crippen LogP contribution is 2.28. The zero-order valence-electron chi connectivity index (χ0n) is 11.4. The fraction of sp³-hybridized carbons (Fsp3) is 0.0556. The van der Waals surface area contributed by atoms with E-state index in [2.05, 4.69) is 15.9 Å². The normalized spacial score (nSPS) is 10.8. The molecule has 0 heterocycles. The minimum absolute atomic E-state index is 0.00673. The van der Waals surface area contributed by atoms with Gasteiger partial charge in [0.2, 0.25) is 0 Å². The van der Waals surface area contributed by atoms with Crippen LogP contribution in [0.4, 0.5) is 0 Å². The van der Waals surface area contributed by atoms with Gasteiger partial charge in [0, 0.05) is 26.0 Å². The minimum Gasteiger partial charge on any atom is -0.289 e. The maximum absolute atomic E-state index is 12.8. The van der Waals surface area contributed by atoms with Crippen molar-refractivity contribution in [2.24, 2.45) is 0 Å². The molecule has 0 unspecified atom stereocenters. The number of hydrogen-bond acceptors (Lipinski definition) is 1. The SMILES string of the molecule is Cc1cc(Br)cc(C(=O)c2ccc(Cl)c3ccccc23)c1. The third-order valence-electron chi connectivity index (χ3n) is 3.42. The van der Waals surface area contributed by atoms with Crippen LogP contribution in [0.2, 0.25) is 5.02 Å². The molecule has 0 aliphatic carbocycles. The fourth-order valence-corrected chi connectivity index (χ4v) is 3.32. The van der Waals surface area contributed by atoms with Gasteiger partial charge >= 0.3 is 0 Å². The Morgan fingerprint density at radius 2 is 1.71 bits per heavy atom. The first-order chi connectivity index (χ1) is 10.1. The second kappa shape index (κ2) is 5.63. The lowest BCUT2D eigenvalue weighted by Gasteiger charge is -2.08. The Hall–Kier alpha value is -1.64. The van der Waals surface area contributed by atoms with Crippen LogP contribution in [0.3, 0.4) is 0 Å². The average Bonchev–Trinajstić information content (AvgIpc) is 2.46. The first kappa shape index (κ1) is 14.3. The van der Waals surface area contributed by atoms with Gasteiger partial charge in [-0.15, -0.1) is 0 Å². The molecule has 3 aromatic rings. The Morgan fingerprint density at radius 1 is 1.00 bits per heavy atom. The predicted octanol–water partition coefficient (Wildman–Crippen LogP) is 5.80. The Labute approximate surface area is 136 Å². The molecule has 3 rings (SSSR count). The number of benzene rings is 3. The molecule has 104 valence electrons. The number of hydrogen-bond donors (Lipinski definition) is 0. The summed E-state index contributed by atoms with van der Waals surface area (Å²) in [6.45, 7) is 1.97. The second-order valence-corrected chi connectivity index (χ2v) is 6.31. The van der Waals surface area contributed by atoms with Gasteiger partial charge in [-0.05, 0) is 48.2 Å². The number of carbonyl (C=O) groups excluding carboxylic acids is 1. The molecule has 0 aliphatic heterocycles. The molecule has 0 aliphatic rings. The number of carbonyl (C=O) groups is 1. The standard InChI is InChI=1S/C18H12BrClO/c1-11-8-12(10-13(19)9-11)18(21)16-6-7-17(20)15-5-3-2-4-14(15)16/h2-10H,1H3. The smallest absolute Gasteiger partial charge is 0.193 e. The van der Waals surface area contributed by atoms with Gasteiger partial charge in [0.05, 0.1) is 0 Å². The van der Waals surface area contributed by atoms with Crippen molar-refractivity contribution in [3.8, 4) is 0 Å². The highest BCUT2D eigenvalue weighted by Gasteiger charge is 2.14. The van der Waals surface area contributed by atoms with Gasteiger partial charge in [-0.3, -0.25) is 4.79 Å². The van der Waals surface area contributed by atoms with Crippen molar-refractivity contribution in [1.82, 2.24) is 0 Å². The Bertz CT molecular complexity index is 835. The second-order valence-electron chi connectivity index (χ2n) is 4.99. The average molecular weight is 360 g/mol. The third-order valence-corrected chi connectivity index (χ3v) is 4.21. The number of ketones is 1. The van der Waals surface area contributed by atoms with Crippen LogP contribution in [0.1, 0.15) is 21.5 Å². The molecule has 21 heavy (non-hydrogen) atoms. The van der Waals surface area contributed by atoms with Crippen molar-refractivity contribution in [3.05, 3.63) is 80.8 Å². The molecule has 0 fully saturated rings. The lowest BCUT2D eigenvalue weighted by molar-refractivity contribution is 0.104. The Kier molecular flexibility index (Phi) is 3.83. The van der Waals surface area contributed by atoms with Gasteiger partial charge in [-0.1, -0.05) is 51.8 Å². The summed E-state index contributed by atoms with van der Waals surface area (Å²) < 4.78 is 0.907. The fourth-order valence-electron chi connectivity index (χ4n) is 2.48. The largest absolute Gasteiger partial charge is 0.289 e. The van der Waals surface area contributed by atoms with Crippen molar-refractivity contribution in [2.75, 3.05) is 0 Å². The summed E-state index contributed by atoms with van der Waals surface area (Å²) in [6, 6.07) is 17.0. The molecule has 0 amide bonds. The monoisotopic (exact) mass is 358 g/mol. The molecule has 0 spiro atoms. The molecule has 0 N–H and O–H groups in total. The summed E-state index contributed by atoms with van der Waals surface area (Å²) in [5.41, 5.74) is 2.40. The van der Waals surface area contributed by atoms with E-state index >= 15 is 0 Å². The van der Waals surface area contributed by atoms with E-state index in [-0.39, 0.29) is 5.78 Å². The molecule has 1 nitrogen and oxygen atoms in total. The summed E-state index contributed by atoms with van der Waals surface area (Å²) >= 11 is 9.65. The first-order valence-electron chi connectivity index (χ1n) is 6.55. The maximum atomic E-state index is 12.8. The van der Waals surface area contributed by atoms with Crippen LogP contribution in [0.15, 0.2) is 59.1 Å². The maximum Gasteiger partial charge on any atom is 0.193 e. The molecule has 0 saturated heterocycles. The number of fused-ring (bicyclic) bond motifs is 1. The van der Waals surface area contributed by atoms with E-state index in [1.165, 1.54) is 0 Å². The number of aryl methyl sites for hydroxylation is 1. The molecule has 0 radical (unpaired) electrons. The molecule has 0 bridgehead atoms. The van der Waals surface area contributed by atoms with Crippen LogP contribution in [-0.4, -0.2) is 5.78 Å². The van der Waals surface area contributed by atoms with E-state index < -0.39 is 0 Å². The van der Waals surface area contributed by atoms with Crippen molar-refractivity contribution in [3.63, 3.8) is 0 Å². The van der Waals surface area contributed by atoms with Crippen molar-refractivity contribution in [2.45, 2.75) is 6.92 Å². The lowest BCUT2D eigenvalue weighted by Crippen LogP contribution is -2.03. The minimum atomic E-state index is 0.00673. The van der Waals surface area contributed by atoms with Crippen LogP contribution >= 0.6 is 27.5 Å². The lowest BCUT2D eigenvalue weighted by atomic mass is 9.96. The van der Waals surface area contributed by atoms with Crippen LogP contribution in [0.5, 0.6) is 0 Å². The molecular weight excluding hydrogens is 348 g/mol. The van der Waals surface area contributed by atoms with Crippen molar-refractivity contribution in [1.29, 1.82) is 0 Å². The summed E-state index contributed by atoms with van der Waals surface area (Å²) in [4.78, 5) is 12.8. The highest BCUT2D eigenvalue weighted by molar-refractivity contribution is 9.10. The zero-order chi connectivity index (χ0) is 15.0. The summed E-state index contributed by atoms with van der Waals surface area (Å²) in [5.74, 6) is 0.00673. The quantitative estimate of drug-likeness (QED) is 0.529. The summed E-state index contributed by atoms with van der Waals surface area (Å²) in [7, 11) is 0. The topological polar surface area (TPSA) is 17.1 Å². The molecule has 3 aromatic carbocycles. The molecule has 0 saturated carbocycles.